The van der Waals surface area contributed by atoms with Crippen molar-refractivity contribution in [3.63, 3.8) is 0 Å². The lowest BCUT2D eigenvalue weighted by molar-refractivity contribution is 0.0392. The monoisotopic (exact) mass is 297 g/mol. The molecule has 1 saturated heterocycles. The van der Waals surface area contributed by atoms with Crippen molar-refractivity contribution in [3.8, 4) is 0 Å². The molecule has 4 heteroatoms. The molecule has 21 heavy (non-hydrogen) atoms. The van der Waals surface area contributed by atoms with Gasteiger partial charge in [-0.2, -0.15) is 0 Å². The highest BCUT2D eigenvalue weighted by atomic mass is 16.5. The van der Waals surface area contributed by atoms with Crippen molar-refractivity contribution in [1.82, 2.24) is 15.1 Å². The van der Waals surface area contributed by atoms with Gasteiger partial charge in [0.25, 0.3) is 0 Å². The van der Waals surface area contributed by atoms with E-state index in [1.807, 2.05) is 7.11 Å². The molecule has 2 fully saturated rings. The first-order valence-corrected chi connectivity index (χ1v) is 8.84. The SMILES string of the molecule is COC1CCC(CN(CCN(C)C)C2CCCCN2)CC1. The van der Waals surface area contributed by atoms with Crippen molar-refractivity contribution in [3.05, 3.63) is 0 Å². The summed E-state index contributed by atoms with van der Waals surface area (Å²) in [6, 6.07) is 0. The Kier molecular flexibility index (Phi) is 7.44. The van der Waals surface area contributed by atoms with Crippen LogP contribution in [0.15, 0.2) is 0 Å². The van der Waals surface area contributed by atoms with Crippen LogP contribution in [0.5, 0.6) is 0 Å². The van der Waals surface area contributed by atoms with E-state index in [0.717, 1.165) is 12.5 Å². The second-order valence-electron chi connectivity index (χ2n) is 7.14. The normalized spacial score (nSPS) is 31.0. The topological polar surface area (TPSA) is 27.7 Å². The quantitative estimate of drug-likeness (QED) is 0.779. The van der Waals surface area contributed by atoms with Crippen LogP contribution in [0.3, 0.4) is 0 Å². The molecule has 0 aromatic heterocycles. The van der Waals surface area contributed by atoms with E-state index in [2.05, 4.69) is 29.2 Å². The van der Waals surface area contributed by atoms with Crippen molar-refractivity contribution < 1.29 is 4.74 Å². The van der Waals surface area contributed by atoms with Crippen LogP contribution in [0, 0.1) is 5.92 Å². The lowest BCUT2D eigenvalue weighted by Gasteiger charge is -2.39. The van der Waals surface area contributed by atoms with Crippen LogP contribution in [0.2, 0.25) is 0 Å². The van der Waals surface area contributed by atoms with Crippen LogP contribution in [0.1, 0.15) is 44.9 Å². The van der Waals surface area contributed by atoms with Gasteiger partial charge in [0.2, 0.25) is 0 Å². The Morgan fingerprint density at radius 2 is 1.76 bits per heavy atom. The molecule has 1 heterocycles. The minimum atomic E-state index is 0.518. The Labute approximate surface area is 131 Å². The van der Waals surface area contributed by atoms with E-state index in [-0.39, 0.29) is 0 Å². The third-order valence-electron chi connectivity index (χ3n) is 5.18. The molecular weight excluding hydrogens is 262 g/mol. The summed E-state index contributed by atoms with van der Waals surface area (Å²) >= 11 is 0. The summed E-state index contributed by atoms with van der Waals surface area (Å²) in [5.74, 6) is 0.863. The van der Waals surface area contributed by atoms with E-state index < -0.39 is 0 Å². The minimum Gasteiger partial charge on any atom is -0.381 e. The standard InChI is InChI=1S/C17H35N3O/c1-19(2)12-13-20(17-6-4-5-11-18-17)14-15-7-9-16(21-3)10-8-15/h15-18H,4-14H2,1-3H3. The van der Waals surface area contributed by atoms with E-state index in [0.29, 0.717) is 12.3 Å². The van der Waals surface area contributed by atoms with Crippen LogP contribution < -0.4 is 5.32 Å². The van der Waals surface area contributed by atoms with Crippen LogP contribution in [-0.2, 0) is 4.74 Å². The molecule has 0 aromatic carbocycles. The highest BCUT2D eigenvalue weighted by Gasteiger charge is 2.26. The fourth-order valence-electron chi connectivity index (χ4n) is 3.73. The predicted octanol–water partition coefficient (Wildman–Crippen LogP) is 2.15. The van der Waals surface area contributed by atoms with Crippen molar-refractivity contribution in [2.45, 2.75) is 57.2 Å². The van der Waals surface area contributed by atoms with E-state index in [4.69, 9.17) is 4.74 Å². The molecule has 0 amide bonds. The van der Waals surface area contributed by atoms with Crippen LogP contribution in [-0.4, -0.2) is 69.5 Å². The van der Waals surface area contributed by atoms with Gasteiger partial charge in [-0.05, 0) is 71.5 Å². The molecule has 1 unspecified atom stereocenters. The number of likely N-dealkylation sites (N-methyl/N-ethyl adjacent to an activating group) is 1. The first-order chi connectivity index (χ1) is 10.2. The zero-order chi connectivity index (χ0) is 15.1. The summed E-state index contributed by atoms with van der Waals surface area (Å²) in [6.45, 7) is 4.81. The Morgan fingerprint density at radius 3 is 2.33 bits per heavy atom. The molecule has 0 spiro atoms. The summed E-state index contributed by atoms with van der Waals surface area (Å²) in [5.41, 5.74) is 0. The number of nitrogens with one attached hydrogen (secondary N) is 1. The van der Waals surface area contributed by atoms with Gasteiger partial charge < -0.3 is 15.0 Å². The van der Waals surface area contributed by atoms with Gasteiger partial charge in [-0.15, -0.1) is 0 Å². The van der Waals surface area contributed by atoms with Crippen molar-refractivity contribution >= 4 is 0 Å². The fourth-order valence-corrected chi connectivity index (χ4v) is 3.73. The highest BCUT2D eigenvalue weighted by molar-refractivity contribution is 4.80. The Hall–Kier alpha value is -0.160. The molecule has 0 aromatic rings. The fraction of sp³-hybridized carbons (Fsp3) is 1.00. The summed E-state index contributed by atoms with van der Waals surface area (Å²) in [6.07, 6.45) is 10.3. The number of piperidine rings is 1. The maximum atomic E-state index is 5.51. The zero-order valence-electron chi connectivity index (χ0n) is 14.3. The minimum absolute atomic E-state index is 0.518. The number of hydrogen-bond acceptors (Lipinski definition) is 4. The molecule has 1 N–H and O–H groups in total. The van der Waals surface area contributed by atoms with Crippen molar-refractivity contribution in [2.75, 3.05) is 47.4 Å². The molecule has 2 rings (SSSR count). The zero-order valence-corrected chi connectivity index (χ0v) is 14.3. The largest absolute Gasteiger partial charge is 0.381 e. The van der Waals surface area contributed by atoms with Crippen LogP contribution in [0.25, 0.3) is 0 Å². The first kappa shape index (κ1) is 17.2. The van der Waals surface area contributed by atoms with Gasteiger partial charge in [0.05, 0.1) is 12.3 Å². The lowest BCUT2D eigenvalue weighted by Crippen LogP contribution is -2.51. The van der Waals surface area contributed by atoms with Crippen molar-refractivity contribution in [2.24, 2.45) is 5.92 Å². The molecule has 1 saturated carbocycles. The van der Waals surface area contributed by atoms with Gasteiger partial charge in [-0.25, -0.2) is 0 Å². The third kappa shape index (κ3) is 5.85. The number of methoxy groups -OCH3 is 1. The van der Waals surface area contributed by atoms with E-state index in [9.17, 15) is 0 Å². The molecule has 0 bridgehead atoms. The molecule has 2 aliphatic rings. The third-order valence-corrected chi connectivity index (χ3v) is 5.18. The maximum absolute atomic E-state index is 5.51. The van der Waals surface area contributed by atoms with Crippen LogP contribution >= 0.6 is 0 Å². The predicted molar refractivity (Wildman–Crippen MR) is 88.5 cm³/mol. The summed E-state index contributed by atoms with van der Waals surface area (Å²) in [5, 5.41) is 3.74. The first-order valence-electron chi connectivity index (χ1n) is 8.84. The Morgan fingerprint density at radius 1 is 1.00 bits per heavy atom. The molecule has 1 aliphatic heterocycles. The second kappa shape index (κ2) is 9.09. The molecule has 4 nitrogen and oxygen atoms in total. The average Bonchev–Trinajstić information content (AvgIpc) is 2.52. The van der Waals surface area contributed by atoms with Gasteiger partial charge in [-0.1, -0.05) is 0 Å². The Bertz CT molecular complexity index is 271. The molecule has 1 aliphatic carbocycles. The average molecular weight is 297 g/mol. The summed E-state index contributed by atoms with van der Waals surface area (Å²) < 4.78 is 5.51. The molecule has 124 valence electrons. The number of nitrogens with zero attached hydrogens (tertiary/aromatic N) is 2. The number of hydrogen-bond donors (Lipinski definition) is 1. The summed E-state index contributed by atoms with van der Waals surface area (Å²) in [7, 11) is 6.22. The maximum Gasteiger partial charge on any atom is 0.0597 e. The van der Waals surface area contributed by atoms with E-state index in [1.165, 1.54) is 64.6 Å². The highest BCUT2D eigenvalue weighted by Crippen LogP contribution is 2.27. The lowest BCUT2D eigenvalue weighted by atomic mass is 9.86. The second-order valence-corrected chi connectivity index (χ2v) is 7.14. The smallest absolute Gasteiger partial charge is 0.0597 e. The number of rotatable bonds is 7. The molecular formula is C17H35N3O. The Balaban J connectivity index is 1.82. The van der Waals surface area contributed by atoms with Gasteiger partial charge >= 0.3 is 0 Å². The van der Waals surface area contributed by atoms with E-state index >= 15 is 0 Å². The van der Waals surface area contributed by atoms with Gasteiger partial charge in [0.15, 0.2) is 0 Å². The van der Waals surface area contributed by atoms with Crippen molar-refractivity contribution in [1.29, 1.82) is 0 Å². The van der Waals surface area contributed by atoms with Gasteiger partial charge in [-0.3, -0.25) is 4.90 Å². The van der Waals surface area contributed by atoms with Gasteiger partial charge in [0.1, 0.15) is 0 Å². The number of ether oxygens (including phenoxy) is 1. The molecule has 1 atom stereocenters. The van der Waals surface area contributed by atoms with E-state index in [1.54, 1.807) is 0 Å². The van der Waals surface area contributed by atoms with Gasteiger partial charge in [0, 0.05) is 26.7 Å². The summed E-state index contributed by atoms with van der Waals surface area (Å²) in [4.78, 5) is 5.02. The van der Waals surface area contributed by atoms with Crippen LogP contribution in [0.4, 0.5) is 0 Å². The molecule has 0 radical (unpaired) electrons.